The number of aliphatic imine (C=N–C) groups is 1. The smallest absolute Gasteiger partial charge is 0.198 e. The van der Waals surface area contributed by atoms with Crippen LogP contribution in [0.25, 0.3) is 10.9 Å². The Kier molecular flexibility index (Phi) is 3.43. The van der Waals surface area contributed by atoms with Crippen LogP contribution in [-0.2, 0) is 0 Å². The van der Waals surface area contributed by atoms with E-state index in [1.54, 1.807) is 18.3 Å². The normalized spacial score (nSPS) is 11.6. The largest absolute Gasteiger partial charge is 0.494 e. The highest BCUT2D eigenvalue weighted by molar-refractivity contribution is 6.31. The van der Waals surface area contributed by atoms with Gasteiger partial charge >= 0.3 is 0 Å². The number of nitrogens with one attached hydrogen (secondary N) is 1. The second-order valence-electron chi connectivity index (χ2n) is 5.05. The van der Waals surface area contributed by atoms with Crippen molar-refractivity contribution in [3.8, 4) is 5.88 Å². The first-order valence-electron chi connectivity index (χ1n) is 6.67. The molecule has 0 unspecified atom stereocenters. The Balaban J connectivity index is 2.07. The number of hydrogen-bond acceptors (Lipinski definition) is 2. The molecule has 0 spiro atoms. The van der Waals surface area contributed by atoms with Crippen LogP contribution in [0.15, 0.2) is 41.4 Å². The fourth-order valence-electron chi connectivity index (χ4n) is 2.32. The van der Waals surface area contributed by atoms with Crippen LogP contribution in [0, 0.1) is 13.8 Å². The van der Waals surface area contributed by atoms with E-state index in [2.05, 4.69) is 23.0 Å². The number of benzene rings is 2. The summed E-state index contributed by atoms with van der Waals surface area (Å²) in [7, 11) is 0. The van der Waals surface area contributed by atoms with Gasteiger partial charge in [0.1, 0.15) is 0 Å². The Labute approximate surface area is 127 Å². The van der Waals surface area contributed by atoms with Gasteiger partial charge in [-0.2, -0.15) is 0 Å². The Morgan fingerprint density at radius 3 is 2.81 bits per heavy atom. The molecule has 4 heteroatoms. The summed E-state index contributed by atoms with van der Waals surface area (Å²) >= 11 is 5.96. The van der Waals surface area contributed by atoms with E-state index in [1.165, 1.54) is 5.56 Å². The molecule has 3 rings (SSSR count). The third kappa shape index (κ3) is 2.52. The lowest BCUT2D eigenvalue weighted by molar-refractivity contribution is 0.457. The molecule has 0 aliphatic heterocycles. The van der Waals surface area contributed by atoms with Crippen LogP contribution in [-0.4, -0.2) is 16.3 Å². The summed E-state index contributed by atoms with van der Waals surface area (Å²) in [6, 6.07) is 11.4. The van der Waals surface area contributed by atoms with E-state index in [0.717, 1.165) is 22.2 Å². The van der Waals surface area contributed by atoms with Crippen molar-refractivity contribution in [2.24, 2.45) is 4.99 Å². The van der Waals surface area contributed by atoms with Crippen molar-refractivity contribution in [3.63, 3.8) is 0 Å². The standard InChI is InChI=1S/C17H15ClN2O/c1-10-4-3-5-15(11(10)2)19-9-14-13-7-6-12(18)8-16(13)20-17(14)21/h3-9,20-21H,1-2H3. The highest BCUT2D eigenvalue weighted by Gasteiger charge is 2.09. The maximum Gasteiger partial charge on any atom is 0.198 e. The van der Waals surface area contributed by atoms with Crippen LogP contribution < -0.4 is 0 Å². The van der Waals surface area contributed by atoms with E-state index >= 15 is 0 Å². The first-order valence-corrected chi connectivity index (χ1v) is 7.04. The van der Waals surface area contributed by atoms with Gasteiger partial charge in [0, 0.05) is 16.6 Å². The molecule has 3 aromatic rings. The van der Waals surface area contributed by atoms with Crippen LogP contribution in [0.4, 0.5) is 5.69 Å². The van der Waals surface area contributed by atoms with E-state index in [0.29, 0.717) is 10.6 Å². The van der Waals surface area contributed by atoms with E-state index in [4.69, 9.17) is 11.6 Å². The van der Waals surface area contributed by atoms with Gasteiger partial charge in [0.15, 0.2) is 5.88 Å². The van der Waals surface area contributed by atoms with Gasteiger partial charge in [0.2, 0.25) is 0 Å². The minimum absolute atomic E-state index is 0.0984. The second kappa shape index (κ2) is 5.26. The molecular weight excluding hydrogens is 284 g/mol. The lowest BCUT2D eigenvalue weighted by Crippen LogP contribution is -1.83. The van der Waals surface area contributed by atoms with Gasteiger partial charge in [-0.15, -0.1) is 0 Å². The molecule has 3 nitrogen and oxygen atoms in total. The molecule has 0 saturated carbocycles. The van der Waals surface area contributed by atoms with E-state index in [1.807, 2.05) is 25.1 Å². The van der Waals surface area contributed by atoms with Crippen molar-refractivity contribution in [2.75, 3.05) is 0 Å². The number of aromatic nitrogens is 1. The number of H-pyrrole nitrogens is 1. The fourth-order valence-corrected chi connectivity index (χ4v) is 2.49. The molecule has 0 aliphatic rings. The summed E-state index contributed by atoms with van der Waals surface area (Å²) in [4.78, 5) is 7.41. The lowest BCUT2D eigenvalue weighted by Gasteiger charge is -2.02. The Morgan fingerprint density at radius 1 is 1.19 bits per heavy atom. The first kappa shape index (κ1) is 13.7. The van der Waals surface area contributed by atoms with Gasteiger partial charge in [-0.05, 0) is 43.2 Å². The third-order valence-corrected chi connectivity index (χ3v) is 3.92. The molecular formula is C17H15ClN2O. The van der Waals surface area contributed by atoms with Gasteiger partial charge in [-0.25, -0.2) is 0 Å². The molecule has 1 heterocycles. The van der Waals surface area contributed by atoms with Gasteiger partial charge in [-0.3, -0.25) is 4.99 Å². The van der Waals surface area contributed by atoms with Crippen LogP contribution in [0.2, 0.25) is 5.02 Å². The van der Waals surface area contributed by atoms with Crippen LogP contribution >= 0.6 is 11.6 Å². The molecule has 0 bridgehead atoms. The Hall–Kier alpha value is -2.26. The zero-order valence-corrected chi connectivity index (χ0v) is 12.6. The van der Waals surface area contributed by atoms with E-state index in [9.17, 15) is 5.11 Å². The lowest BCUT2D eigenvalue weighted by atomic mass is 10.1. The molecule has 0 atom stereocenters. The molecule has 1 aromatic heterocycles. The van der Waals surface area contributed by atoms with Crippen LogP contribution in [0.3, 0.4) is 0 Å². The zero-order valence-electron chi connectivity index (χ0n) is 11.8. The summed E-state index contributed by atoms with van der Waals surface area (Å²) in [5.74, 6) is 0.0984. The number of halogens is 1. The topological polar surface area (TPSA) is 48.4 Å². The van der Waals surface area contributed by atoms with Gasteiger partial charge in [-0.1, -0.05) is 29.8 Å². The van der Waals surface area contributed by atoms with Crippen molar-refractivity contribution in [2.45, 2.75) is 13.8 Å². The number of hydrogen-bond donors (Lipinski definition) is 2. The summed E-state index contributed by atoms with van der Waals surface area (Å²) in [6.45, 7) is 4.09. The number of aromatic amines is 1. The van der Waals surface area contributed by atoms with Gasteiger partial charge < -0.3 is 10.1 Å². The number of rotatable bonds is 2. The van der Waals surface area contributed by atoms with Crippen molar-refractivity contribution in [1.29, 1.82) is 0 Å². The van der Waals surface area contributed by atoms with Crippen molar-refractivity contribution in [1.82, 2.24) is 4.98 Å². The maximum absolute atomic E-state index is 10.0. The molecule has 0 saturated heterocycles. The molecule has 0 radical (unpaired) electrons. The van der Waals surface area contributed by atoms with Crippen molar-refractivity contribution < 1.29 is 5.11 Å². The summed E-state index contributed by atoms with van der Waals surface area (Å²) < 4.78 is 0. The summed E-state index contributed by atoms with van der Waals surface area (Å²) in [5, 5.41) is 11.6. The Bertz CT molecular complexity index is 849. The van der Waals surface area contributed by atoms with Crippen LogP contribution in [0.5, 0.6) is 5.88 Å². The van der Waals surface area contributed by atoms with Gasteiger partial charge in [0.25, 0.3) is 0 Å². The third-order valence-electron chi connectivity index (χ3n) is 3.69. The Morgan fingerprint density at radius 2 is 2.00 bits per heavy atom. The van der Waals surface area contributed by atoms with Crippen molar-refractivity contribution in [3.05, 3.63) is 58.1 Å². The SMILES string of the molecule is Cc1cccc(N=Cc2c(O)[nH]c3cc(Cl)ccc23)c1C. The van der Waals surface area contributed by atoms with Crippen LogP contribution in [0.1, 0.15) is 16.7 Å². The number of aromatic hydroxyl groups is 1. The second-order valence-corrected chi connectivity index (χ2v) is 5.49. The predicted octanol–water partition coefficient (Wildman–Crippen LogP) is 4.89. The fraction of sp³-hybridized carbons (Fsp3) is 0.118. The molecule has 2 N–H and O–H groups in total. The summed E-state index contributed by atoms with van der Waals surface area (Å²) in [5.41, 5.74) is 4.69. The maximum atomic E-state index is 10.0. The molecule has 2 aromatic carbocycles. The number of aryl methyl sites for hydroxylation is 1. The highest BCUT2D eigenvalue weighted by Crippen LogP contribution is 2.29. The zero-order chi connectivity index (χ0) is 15.0. The van der Waals surface area contributed by atoms with Gasteiger partial charge in [0.05, 0.1) is 16.8 Å². The minimum Gasteiger partial charge on any atom is -0.494 e. The van der Waals surface area contributed by atoms with E-state index in [-0.39, 0.29) is 5.88 Å². The quantitative estimate of drug-likeness (QED) is 0.650. The monoisotopic (exact) mass is 298 g/mol. The first-order chi connectivity index (χ1) is 10.1. The molecule has 106 valence electrons. The van der Waals surface area contributed by atoms with Crippen molar-refractivity contribution >= 4 is 34.4 Å². The molecule has 0 aliphatic carbocycles. The summed E-state index contributed by atoms with van der Waals surface area (Å²) in [6.07, 6.45) is 1.68. The molecule has 0 amide bonds. The minimum atomic E-state index is 0.0984. The predicted molar refractivity (Wildman–Crippen MR) is 88.1 cm³/mol. The average molecular weight is 299 g/mol. The number of nitrogens with zero attached hydrogens (tertiary/aromatic N) is 1. The van der Waals surface area contributed by atoms with E-state index < -0.39 is 0 Å². The average Bonchev–Trinajstić information content (AvgIpc) is 2.75. The number of fused-ring (bicyclic) bond motifs is 1. The molecule has 21 heavy (non-hydrogen) atoms. The molecule has 0 fully saturated rings. The highest BCUT2D eigenvalue weighted by atomic mass is 35.5.